The molecule has 0 amide bonds. The first-order chi connectivity index (χ1) is 9.99. The highest BCUT2D eigenvalue weighted by Gasteiger charge is 2.12. The van der Waals surface area contributed by atoms with E-state index in [2.05, 4.69) is 4.72 Å². The highest BCUT2D eigenvalue weighted by Crippen LogP contribution is 2.09. The second kappa shape index (κ2) is 6.69. The van der Waals surface area contributed by atoms with Gasteiger partial charge in [-0.2, -0.15) is 0 Å². The largest absolute Gasteiger partial charge is 0.315 e. The number of benzene rings is 1. The minimum atomic E-state index is -3.48. The average molecular weight is 306 g/mol. The van der Waals surface area contributed by atoms with Gasteiger partial charge in [-0.05, 0) is 31.5 Å². The van der Waals surface area contributed by atoms with Crippen molar-refractivity contribution < 1.29 is 8.42 Å². The van der Waals surface area contributed by atoms with Crippen LogP contribution in [0.25, 0.3) is 0 Å². The van der Waals surface area contributed by atoms with Crippen molar-refractivity contribution in [3.63, 3.8) is 0 Å². The third-order valence-electron chi connectivity index (χ3n) is 3.10. The Morgan fingerprint density at radius 2 is 1.81 bits per heavy atom. The molecule has 0 saturated heterocycles. The average Bonchev–Trinajstić information content (AvgIpc) is 2.46. The predicted octanol–water partition coefficient (Wildman–Crippen LogP) is 1.53. The third-order valence-corrected chi connectivity index (χ3v) is 4.58. The zero-order chi connectivity index (χ0) is 15.3. The summed E-state index contributed by atoms with van der Waals surface area (Å²) in [5.41, 5.74) is 0.927. The van der Waals surface area contributed by atoms with E-state index in [4.69, 9.17) is 0 Å². The fraction of sp³-hybridized carbons (Fsp3) is 0.267. The monoisotopic (exact) mass is 306 g/mol. The lowest BCUT2D eigenvalue weighted by Crippen LogP contribution is -2.27. The first-order valence-corrected chi connectivity index (χ1v) is 8.19. The molecular formula is C15H18N2O3S. The Hall–Kier alpha value is -1.92. The fourth-order valence-corrected chi connectivity index (χ4v) is 2.98. The van der Waals surface area contributed by atoms with Gasteiger partial charge in [-0.15, -0.1) is 0 Å². The fourth-order valence-electron chi connectivity index (χ4n) is 1.90. The predicted molar refractivity (Wildman–Crippen MR) is 81.7 cm³/mol. The van der Waals surface area contributed by atoms with E-state index in [1.807, 2.05) is 6.92 Å². The number of nitrogens with zero attached hydrogens (tertiary/aromatic N) is 1. The molecule has 0 unspecified atom stereocenters. The van der Waals surface area contributed by atoms with Crippen LogP contribution in [0.5, 0.6) is 0 Å². The van der Waals surface area contributed by atoms with Crippen LogP contribution in [0.15, 0.2) is 58.4 Å². The molecule has 0 aliphatic heterocycles. The number of aryl methyl sites for hydroxylation is 2. The van der Waals surface area contributed by atoms with Crippen LogP contribution in [0.3, 0.4) is 0 Å². The summed E-state index contributed by atoms with van der Waals surface area (Å²) >= 11 is 0. The van der Waals surface area contributed by atoms with Crippen LogP contribution in [0.4, 0.5) is 0 Å². The molecule has 0 atom stereocenters. The van der Waals surface area contributed by atoms with Gasteiger partial charge in [0.05, 0.1) is 4.90 Å². The van der Waals surface area contributed by atoms with Gasteiger partial charge in [0.2, 0.25) is 15.6 Å². The standard InChI is InChI=1S/C15H18N2O3S/c1-13-6-8-14(9-7-13)21(19,20)16-10-4-12-17-11-3-2-5-15(17)18/h2-3,5-9,11,16H,4,10,12H2,1H3. The lowest BCUT2D eigenvalue weighted by molar-refractivity contribution is 0.567. The van der Waals surface area contributed by atoms with Gasteiger partial charge in [-0.1, -0.05) is 23.8 Å². The molecule has 21 heavy (non-hydrogen) atoms. The SMILES string of the molecule is Cc1ccc(S(=O)(=O)NCCCn2ccccc2=O)cc1. The van der Waals surface area contributed by atoms with Crippen LogP contribution < -0.4 is 10.3 Å². The van der Waals surface area contributed by atoms with Crippen LogP contribution in [-0.4, -0.2) is 19.5 Å². The summed E-state index contributed by atoms with van der Waals surface area (Å²) in [7, 11) is -3.48. The van der Waals surface area contributed by atoms with Crippen LogP contribution in [0, 0.1) is 6.92 Å². The van der Waals surface area contributed by atoms with Crippen molar-refractivity contribution in [2.75, 3.05) is 6.54 Å². The van der Waals surface area contributed by atoms with Gasteiger partial charge in [-0.3, -0.25) is 4.79 Å². The van der Waals surface area contributed by atoms with E-state index in [9.17, 15) is 13.2 Å². The lowest BCUT2D eigenvalue weighted by atomic mass is 10.2. The molecule has 1 N–H and O–H groups in total. The first-order valence-electron chi connectivity index (χ1n) is 6.71. The van der Waals surface area contributed by atoms with Crippen molar-refractivity contribution in [1.29, 1.82) is 0 Å². The molecule has 0 radical (unpaired) electrons. The molecule has 0 aliphatic rings. The maximum atomic E-state index is 12.0. The number of nitrogens with one attached hydrogen (secondary N) is 1. The Morgan fingerprint density at radius 1 is 1.10 bits per heavy atom. The second-order valence-electron chi connectivity index (χ2n) is 4.80. The molecule has 6 heteroatoms. The molecule has 2 rings (SSSR count). The van der Waals surface area contributed by atoms with Crippen molar-refractivity contribution >= 4 is 10.0 Å². The number of sulfonamides is 1. The zero-order valence-corrected chi connectivity index (χ0v) is 12.6. The van der Waals surface area contributed by atoms with Gasteiger partial charge in [0.25, 0.3) is 0 Å². The molecule has 0 aliphatic carbocycles. The van der Waals surface area contributed by atoms with Crippen LogP contribution in [0.2, 0.25) is 0 Å². The molecule has 0 saturated carbocycles. The van der Waals surface area contributed by atoms with Crippen LogP contribution >= 0.6 is 0 Å². The summed E-state index contributed by atoms with van der Waals surface area (Å²) in [6, 6.07) is 11.6. The molecule has 1 aromatic heterocycles. The van der Waals surface area contributed by atoms with Crippen molar-refractivity contribution in [2.45, 2.75) is 24.8 Å². The van der Waals surface area contributed by atoms with Gasteiger partial charge in [0, 0.05) is 25.4 Å². The van der Waals surface area contributed by atoms with E-state index < -0.39 is 10.0 Å². The highest BCUT2D eigenvalue weighted by molar-refractivity contribution is 7.89. The molecule has 1 aromatic carbocycles. The molecule has 2 aromatic rings. The van der Waals surface area contributed by atoms with E-state index in [0.717, 1.165) is 5.56 Å². The smallest absolute Gasteiger partial charge is 0.250 e. The Bertz CT molecular complexity index is 749. The maximum absolute atomic E-state index is 12.0. The van der Waals surface area contributed by atoms with E-state index in [0.29, 0.717) is 13.0 Å². The number of aromatic nitrogens is 1. The van der Waals surface area contributed by atoms with Gasteiger partial charge in [0.15, 0.2) is 0 Å². The number of hydrogen-bond acceptors (Lipinski definition) is 3. The maximum Gasteiger partial charge on any atom is 0.250 e. The first kappa shape index (κ1) is 15.5. The third kappa shape index (κ3) is 4.27. The molecule has 1 heterocycles. The van der Waals surface area contributed by atoms with Crippen molar-refractivity contribution in [3.8, 4) is 0 Å². The van der Waals surface area contributed by atoms with Crippen LogP contribution in [-0.2, 0) is 16.6 Å². The van der Waals surface area contributed by atoms with Gasteiger partial charge >= 0.3 is 0 Å². The van der Waals surface area contributed by atoms with Crippen molar-refractivity contribution in [1.82, 2.24) is 9.29 Å². The summed E-state index contributed by atoms with van der Waals surface area (Å²) in [6.07, 6.45) is 2.24. The Balaban J connectivity index is 1.90. The van der Waals surface area contributed by atoms with Crippen molar-refractivity contribution in [2.24, 2.45) is 0 Å². The normalized spacial score (nSPS) is 11.5. The lowest BCUT2D eigenvalue weighted by Gasteiger charge is -2.08. The van der Waals surface area contributed by atoms with E-state index >= 15 is 0 Å². The summed E-state index contributed by atoms with van der Waals surface area (Å²) in [5.74, 6) is 0. The van der Waals surface area contributed by atoms with E-state index in [-0.39, 0.29) is 17.0 Å². The van der Waals surface area contributed by atoms with E-state index in [1.54, 1.807) is 47.2 Å². The molecule has 0 bridgehead atoms. The zero-order valence-electron chi connectivity index (χ0n) is 11.8. The van der Waals surface area contributed by atoms with Gasteiger partial charge < -0.3 is 4.57 Å². The van der Waals surface area contributed by atoms with Gasteiger partial charge in [0.1, 0.15) is 0 Å². The Kier molecular flexibility index (Phi) is 4.93. The summed E-state index contributed by atoms with van der Waals surface area (Å²) in [4.78, 5) is 11.7. The summed E-state index contributed by atoms with van der Waals surface area (Å²) < 4.78 is 28.2. The molecular weight excluding hydrogens is 288 g/mol. The molecule has 112 valence electrons. The van der Waals surface area contributed by atoms with Gasteiger partial charge in [-0.25, -0.2) is 13.1 Å². The highest BCUT2D eigenvalue weighted by atomic mass is 32.2. The topological polar surface area (TPSA) is 68.2 Å². The van der Waals surface area contributed by atoms with E-state index in [1.165, 1.54) is 6.07 Å². The quantitative estimate of drug-likeness (QED) is 0.823. The summed E-state index contributed by atoms with van der Waals surface area (Å²) in [5, 5.41) is 0. The Morgan fingerprint density at radius 3 is 2.48 bits per heavy atom. The number of rotatable bonds is 6. The number of pyridine rings is 1. The number of hydrogen-bond donors (Lipinski definition) is 1. The molecule has 0 spiro atoms. The minimum Gasteiger partial charge on any atom is -0.315 e. The molecule has 5 nitrogen and oxygen atoms in total. The Labute approximate surface area is 124 Å². The minimum absolute atomic E-state index is 0.0844. The van der Waals surface area contributed by atoms with Crippen molar-refractivity contribution in [3.05, 3.63) is 64.6 Å². The second-order valence-corrected chi connectivity index (χ2v) is 6.56. The molecule has 0 fully saturated rings. The van der Waals surface area contributed by atoms with Crippen LogP contribution in [0.1, 0.15) is 12.0 Å². The summed E-state index contributed by atoms with van der Waals surface area (Å²) in [6.45, 7) is 2.68.